The molecule has 0 fully saturated rings. The summed E-state index contributed by atoms with van der Waals surface area (Å²) in [5, 5.41) is 3.03. The highest BCUT2D eigenvalue weighted by atomic mass is 16.5. The van der Waals surface area contributed by atoms with Crippen LogP contribution in [0, 0.1) is 13.8 Å². The van der Waals surface area contributed by atoms with Gasteiger partial charge < -0.3 is 4.74 Å². The van der Waals surface area contributed by atoms with E-state index in [0.717, 1.165) is 24.0 Å². The Balaban J connectivity index is 1.81. The third kappa shape index (κ3) is 4.71. The number of methoxy groups -OCH3 is 1. The fourth-order valence-corrected chi connectivity index (χ4v) is 3.94. The molecule has 8 heteroatoms. The Labute approximate surface area is 198 Å². The molecule has 0 saturated carbocycles. The number of nitrogens with zero attached hydrogens (tertiary/aromatic N) is 4. The predicted molar refractivity (Wildman–Crippen MR) is 132 cm³/mol. The highest BCUT2D eigenvalue weighted by Crippen LogP contribution is 2.21. The van der Waals surface area contributed by atoms with Crippen molar-refractivity contribution in [3.63, 3.8) is 0 Å². The summed E-state index contributed by atoms with van der Waals surface area (Å²) in [6, 6.07) is 14.9. The number of nitrogens with one attached hydrogen (secondary N) is 1. The summed E-state index contributed by atoms with van der Waals surface area (Å²) in [5.41, 5.74) is 3.52. The van der Waals surface area contributed by atoms with Gasteiger partial charge in [0.1, 0.15) is 5.75 Å². The first-order chi connectivity index (χ1) is 16.4. The molecule has 4 aromatic rings. The van der Waals surface area contributed by atoms with Gasteiger partial charge in [-0.2, -0.15) is 9.50 Å². The number of hydrogen-bond acceptors (Lipinski definition) is 5. The van der Waals surface area contributed by atoms with Crippen molar-refractivity contribution in [2.45, 2.75) is 46.6 Å². The van der Waals surface area contributed by atoms with Gasteiger partial charge in [0.05, 0.1) is 19.3 Å². The molecule has 1 amide bonds. The summed E-state index contributed by atoms with van der Waals surface area (Å²) >= 11 is 0. The standard InChI is InChI=1S/C26H29N5O3/c1-5-6-13-22-18(3)27-25-28-26(29-31(25)24(22)33)30(16-19-10-8-12-21(15-19)34-4)23(32)20-11-7-9-17(2)14-20/h7-12,14-15H,5-6,13,16H2,1-4H3,(H,27,28,29). The average molecular weight is 460 g/mol. The molecule has 0 radical (unpaired) electrons. The quantitative estimate of drug-likeness (QED) is 0.426. The number of carbonyl (C=O) groups excluding carboxylic acids is 1. The molecule has 2 aromatic heterocycles. The Bertz CT molecular complexity index is 1390. The second-order valence-electron chi connectivity index (χ2n) is 8.38. The van der Waals surface area contributed by atoms with Gasteiger partial charge >= 0.3 is 0 Å². The largest absolute Gasteiger partial charge is 0.497 e. The van der Waals surface area contributed by atoms with Crippen LogP contribution < -0.4 is 15.2 Å². The SMILES string of the molecule is CCCCc1c(C)nc2nc(N(Cc3cccc(OC)c3)C(=O)c3cccc(C)c3)[nH]n2c1=O. The molecule has 2 aromatic carbocycles. The highest BCUT2D eigenvalue weighted by molar-refractivity contribution is 6.05. The van der Waals surface area contributed by atoms with Gasteiger partial charge in [-0.25, -0.2) is 4.98 Å². The summed E-state index contributed by atoms with van der Waals surface area (Å²) in [6.45, 7) is 6.09. The minimum Gasteiger partial charge on any atom is -0.497 e. The zero-order valence-corrected chi connectivity index (χ0v) is 20.0. The number of unbranched alkanes of at least 4 members (excludes halogenated alkanes) is 1. The van der Waals surface area contributed by atoms with Crippen LogP contribution in [0.1, 0.15) is 52.5 Å². The average Bonchev–Trinajstić information content (AvgIpc) is 3.26. The van der Waals surface area contributed by atoms with Crippen molar-refractivity contribution in [3.8, 4) is 5.75 Å². The second kappa shape index (κ2) is 9.91. The van der Waals surface area contributed by atoms with Crippen LogP contribution >= 0.6 is 0 Å². The number of anilines is 1. The predicted octanol–water partition coefficient (Wildman–Crippen LogP) is 4.23. The lowest BCUT2D eigenvalue weighted by molar-refractivity contribution is 0.0983. The number of aromatic nitrogens is 4. The molecule has 0 aliphatic heterocycles. The maximum Gasteiger partial charge on any atom is 0.277 e. The fraction of sp³-hybridized carbons (Fsp3) is 0.308. The van der Waals surface area contributed by atoms with Crippen molar-refractivity contribution >= 4 is 17.6 Å². The molecule has 0 atom stereocenters. The van der Waals surface area contributed by atoms with Gasteiger partial charge in [-0.15, -0.1) is 0 Å². The lowest BCUT2D eigenvalue weighted by atomic mass is 10.1. The van der Waals surface area contributed by atoms with Crippen LogP contribution in [0.25, 0.3) is 5.78 Å². The van der Waals surface area contributed by atoms with Crippen molar-refractivity contribution in [1.29, 1.82) is 0 Å². The van der Waals surface area contributed by atoms with Gasteiger partial charge in [-0.1, -0.05) is 43.2 Å². The molecule has 176 valence electrons. The van der Waals surface area contributed by atoms with Crippen molar-refractivity contribution < 1.29 is 9.53 Å². The van der Waals surface area contributed by atoms with Crippen LogP contribution in [-0.4, -0.2) is 32.6 Å². The van der Waals surface area contributed by atoms with Crippen molar-refractivity contribution in [3.05, 3.63) is 86.8 Å². The zero-order chi connectivity index (χ0) is 24.2. The number of aryl methyl sites for hydroxylation is 2. The lowest BCUT2D eigenvalue weighted by Gasteiger charge is -2.20. The number of ether oxygens (including phenoxy) is 1. The van der Waals surface area contributed by atoms with Gasteiger partial charge in [0.15, 0.2) is 0 Å². The van der Waals surface area contributed by atoms with Crippen molar-refractivity contribution in [2.24, 2.45) is 0 Å². The molecule has 8 nitrogen and oxygen atoms in total. The van der Waals surface area contributed by atoms with Crippen LogP contribution in [-0.2, 0) is 13.0 Å². The molecule has 0 unspecified atom stereocenters. The summed E-state index contributed by atoms with van der Waals surface area (Å²) in [7, 11) is 1.60. The van der Waals surface area contributed by atoms with Crippen LogP contribution in [0.4, 0.5) is 5.95 Å². The maximum absolute atomic E-state index is 13.6. The van der Waals surface area contributed by atoms with Crippen LogP contribution in [0.15, 0.2) is 53.3 Å². The number of benzene rings is 2. The molecular formula is C26H29N5O3. The highest BCUT2D eigenvalue weighted by Gasteiger charge is 2.23. The van der Waals surface area contributed by atoms with Gasteiger partial charge in [-0.3, -0.25) is 19.6 Å². The molecule has 0 saturated heterocycles. The minimum atomic E-state index is -0.235. The van der Waals surface area contributed by atoms with E-state index in [-0.39, 0.29) is 29.7 Å². The third-order valence-corrected chi connectivity index (χ3v) is 5.80. The van der Waals surface area contributed by atoms with E-state index >= 15 is 0 Å². The number of hydrogen-bond donors (Lipinski definition) is 1. The number of aromatic amines is 1. The first kappa shape index (κ1) is 23.2. The number of H-pyrrole nitrogens is 1. The molecule has 0 aliphatic carbocycles. The van der Waals surface area contributed by atoms with Crippen molar-refractivity contribution in [1.82, 2.24) is 19.6 Å². The molecule has 34 heavy (non-hydrogen) atoms. The molecule has 4 rings (SSSR count). The van der Waals surface area contributed by atoms with Crippen LogP contribution in [0.5, 0.6) is 5.75 Å². The lowest BCUT2D eigenvalue weighted by Crippen LogP contribution is -2.31. The number of rotatable bonds is 8. The Morgan fingerprint density at radius 2 is 1.91 bits per heavy atom. The summed E-state index contributed by atoms with van der Waals surface area (Å²) in [6.07, 6.45) is 2.54. The van der Waals surface area contributed by atoms with Gasteiger partial charge in [0.25, 0.3) is 17.2 Å². The Morgan fingerprint density at radius 3 is 2.65 bits per heavy atom. The molecule has 1 N–H and O–H groups in total. The van der Waals surface area contributed by atoms with E-state index in [1.807, 2.05) is 56.3 Å². The Kier molecular flexibility index (Phi) is 6.77. The first-order valence-corrected chi connectivity index (χ1v) is 11.4. The van der Waals surface area contributed by atoms with E-state index in [1.165, 1.54) is 9.42 Å². The molecule has 0 aliphatic rings. The number of fused-ring (bicyclic) bond motifs is 1. The molecule has 0 spiro atoms. The third-order valence-electron chi connectivity index (χ3n) is 5.80. The zero-order valence-electron chi connectivity index (χ0n) is 20.0. The van der Waals surface area contributed by atoms with E-state index < -0.39 is 0 Å². The Hall–Kier alpha value is -3.94. The van der Waals surface area contributed by atoms with E-state index in [1.54, 1.807) is 13.2 Å². The molecule has 0 bridgehead atoms. The molecular weight excluding hydrogens is 430 g/mol. The number of amides is 1. The Morgan fingerprint density at radius 1 is 1.12 bits per heavy atom. The number of carbonyl (C=O) groups is 1. The van der Waals surface area contributed by atoms with E-state index in [0.29, 0.717) is 29.0 Å². The van der Waals surface area contributed by atoms with Crippen LogP contribution in [0.3, 0.4) is 0 Å². The monoisotopic (exact) mass is 459 g/mol. The van der Waals surface area contributed by atoms with Gasteiger partial charge in [-0.05, 0) is 56.5 Å². The molecule has 2 heterocycles. The van der Waals surface area contributed by atoms with E-state index in [4.69, 9.17) is 4.74 Å². The normalized spacial score (nSPS) is 11.1. The summed E-state index contributed by atoms with van der Waals surface area (Å²) in [4.78, 5) is 37.4. The smallest absolute Gasteiger partial charge is 0.277 e. The van der Waals surface area contributed by atoms with Crippen molar-refractivity contribution in [2.75, 3.05) is 12.0 Å². The van der Waals surface area contributed by atoms with Gasteiger partial charge in [0.2, 0.25) is 5.95 Å². The van der Waals surface area contributed by atoms with E-state index in [9.17, 15) is 9.59 Å². The topological polar surface area (TPSA) is 92.6 Å². The van der Waals surface area contributed by atoms with Gasteiger partial charge in [0, 0.05) is 11.1 Å². The minimum absolute atomic E-state index is 0.181. The van der Waals surface area contributed by atoms with Crippen LogP contribution in [0.2, 0.25) is 0 Å². The van der Waals surface area contributed by atoms with E-state index in [2.05, 4.69) is 22.0 Å². The summed E-state index contributed by atoms with van der Waals surface area (Å²) < 4.78 is 6.67. The summed E-state index contributed by atoms with van der Waals surface area (Å²) in [5.74, 6) is 0.956. The fourth-order valence-electron chi connectivity index (χ4n) is 3.94. The second-order valence-corrected chi connectivity index (χ2v) is 8.38. The first-order valence-electron chi connectivity index (χ1n) is 11.4. The maximum atomic E-state index is 13.6.